The molecule has 2 N–H and O–H groups in total. The fourth-order valence-electron chi connectivity index (χ4n) is 4.88. The van der Waals surface area contributed by atoms with Gasteiger partial charge in [0.05, 0.1) is 31.1 Å². The highest BCUT2D eigenvalue weighted by molar-refractivity contribution is 7.99. The van der Waals surface area contributed by atoms with Gasteiger partial charge in [0, 0.05) is 16.1 Å². The second-order valence-electron chi connectivity index (χ2n) is 9.83. The zero-order valence-electron chi connectivity index (χ0n) is 24.3. The molecule has 0 fully saturated rings. The maximum Gasteiger partial charge on any atom is 0.341 e. The van der Waals surface area contributed by atoms with Crippen LogP contribution in [0.25, 0.3) is 5.69 Å². The maximum absolute atomic E-state index is 13.1. The van der Waals surface area contributed by atoms with Gasteiger partial charge in [-0.15, -0.1) is 21.5 Å². The van der Waals surface area contributed by atoms with Crippen LogP contribution in [0.4, 0.5) is 5.00 Å². The zero-order chi connectivity index (χ0) is 30.3. The van der Waals surface area contributed by atoms with E-state index in [1.807, 2.05) is 60.9 Å². The number of thioether (sulfide) groups is 1. The van der Waals surface area contributed by atoms with E-state index in [2.05, 4.69) is 20.8 Å². The lowest BCUT2D eigenvalue weighted by molar-refractivity contribution is -0.113. The van der Waals surface area contributed by atoms with Crippen LogP contribution >= 0.6 is 23.1 Å². The van der Waals surface area contributed by atoms with Crippen molar-refractivity contribution in [2.45, 2.75) is 51.7 Å². The summed E-state index contributed by atoms with van der Waals surface area (Å²) in [6, 6.07) is 14.8. The Hall–Kier alpha value is -4.16. The van der Waals surface area contributed by atoms with Crippen LogP contribution in [0.5, 0.6) is 5.75 Å². The molecule has 5 rings (SSSR count). The number of hydrogen-bond donors (Lipinski definition) is 2. The van der Waals surface area contributed by atoms with Gasteiger partial charge in [0.2, 0.25) is 5.91 Å². The van der Waals surface area contributed by atoms with Crippen LogP contribution in [0.3, 0.4) is 0 Å². The second-order valence-corrected chi connectivity index (χ2v) is 11.9. The molecule has 0 saturated heterocycles. The van der Waals surface area contributed by atoms with E-state index < -0.39 is 5.97 Å². The van der Waals surface area contributed by atoms with Crippen molar-refractivity contribution in [1.29, 1.82) is 0 Å². The largest absolute Gasteiger partial charge is 0.494 e. The van der Waals surface area contributed by atoms with Gasteiger partial charge in [0.1, 0.15) is 10.8 Å². The van der Waals surface area contributed by atoms with E-state index in [0.29, 0.717) is 33.7 Å². The van der Waals surface area contributed by atoms with Crippen LogP contribution in [-0.2, 0) is 28.9 Å². The summed E-state index contributed by atoms with van der Waals surface area (Å²) in [5.41, 5.74) is 3.76. The molecule has 2 heterocycles. The quantitative estimate of drug-likeness (QED) is 0.160. The number of aryl methyl sites for hydroxylation is 2. The van der Waals surface area contributed by atoms with Gasteiger partial charge in [-0.2, -0.15) is 0 Å². The van der Waals surface area contributed by atoms with E-state index in [0.717, 1.165) is 46.7 Å². The fraction of sp³-hybridized carbons (Fsp3) is 0.323. The third kappa shape index (κ3) is 7.08. The second kappa shape index (κ2) is 13.9. The molecule has 2 amide bonds. The minimum Gasteiger partial charge on any atom is -0.494 e. The van der Waals surface area contributed by atoms with Gasteiger partial charge in [-0.05, 0) is 82.0 Å². The Balaban J connectivity index is 1.33. The summed E-state index contributed by atoms with van der Waals surface area (Å²) in [5, 5.41) is 15.6. The van der Waals surface area contributed by atoms with E-state index in [4.69, 9.17) is 9.47 Å². The molecule has 12 heteroatoms. The first-order valence-corrected chi connectivity index (χ1v) is 15.9. The smallest absolute Gasteiger partial charge is 0.341 e. The minimum absolute atomic E-state index is 0.0373. The molecule has 1 aliphatic carbocycles. The molecule has 0 saturated carbocycles. The van der Waals surface area contributed by atoms with E-state index in [-0.39, 0.29) is 30.7 Å². The maximum atomic E-state index is 13.1. The van der Waals surface area contributed by atoms with Gasteiger partial charge in [-0.1, -0.05) is 29.5 Å². The van der Waals surface area contributed by atoms with Gasteiger partial charge >= 0.3 is 5.97 Å². The average molecular weight is 620 g/mol. The van der Waals surface area contributed by atoms with Crippen LogP contribution in [0.1, 0.15) is 62.8 Å². The molecule has 0 atom stereocenters. The Morgan fingerprint density at radius 1 is 1.05 bits per heavy atom. The molecule has 0 radical (unpaired) electrons. The molecular weight excluding hydrogens is 587 g/mol. The molecule has 2 aromatic heterocycles. The number of fused-ring (bicyclic) bond motifs is 1. The first-order chi connectivity index (χ1) is 20.9. The Labute approximate surface area is 258 Å². The minimum atomic E-state index is -0.405. The number of carbonyl (C=O) groups is 3. The van der Waals surface area contributed by atoms with Gasteiger partial charge in [-0.25, -0.2) is 4.79 Å². The molecule has 43 heavy (non-hydrogen) atoms. The molecule has 0 bridgehead atoms. The fourth-order valence-corrected chi connectivity index (χ4v) is 6.94. The van der Waals surface area contributed by atoms with Gasteiger partial charge in [0.15, 0.2) is 11.0 Å². The van der Waals surface area contributed by atoms with E-state index in [1.165, 1.54) is 23.1 Å². The van der Waals surface area contributed by atoms with Crippen LogP contribution in [-0.4, -0.2) is 51.5 Å². The lowest BCUT2D eigenvalue weighted by atomic mass is 10.1. The van der Waals surface area contributed by atoms with Crippen molar-refractivity contribution in [3.63, 3.8) is 0 Å². The number of carbonyl (C=O) groups excluding carboxylic acids is 3. The molecule has 0 aliphatic heterocycles. The van der Waals surface area contributed by atoms with E-state index >= 15 is 0 Å². The molecule has 1 aliphatic rings. The lowest BCUT2D eigenvalue weighted by Gasteiger charge is -2.12. The van der Waals surface area contributed by atoms with E-state index in [1.54, 1.807) is 13.0 Å². The standard InChI is InChI=1S/C31H33N5O5S2/c1-4-40-22-14-12-21(13-15-22)36-25(17-32-28(38)20-9-6-8-19(3)16-20)34-35-31(36)42-18-26(37)33-29-27(30(39)41-5-2)23-10-7-11-24(23)43-29/h6,8-9,12-16H,4-5,7,10-11,17-18H2,1-3H3,(H,32,38)(H,33,37). The summed E-state index contributed by atoms with van der Waals surface area (Å²) < 4.78 is 12.7. The molecule has 224 valence electrons. The summed E-state index contributed by atoms with van der Waals surface area (Å²) in [7, 11) is 0. The number of rotatable bonds is 12. The first kappa shape index (κ1) is 30.3. The number of ether oxygens (including phenoxy) is 2. The van der Waals surface area contributed by atoms with Gasteiger partial charge in [0.25, 0.3) is 5.91 Å². The van der Waals surface area contributed by atoms with Crippen molar-refractivity contribution in [1.82, 2.24) is 20.1 Å². The van der Waals surface area contributed by atoms with Crippen molar-refractivity contribution in [3.8, 4) is 11.4 Å². The summed E-state index contributed by atoms with van der Waals surface area (Å²) in [4.78, 5) is 39.8. The van der Waals surface area contributed by atoms with Gasteiger partial charge in [-0.3, -0.25) is 14.2 Å². The molecular formula is C31H33N5O5S2. The highest BCUT2D eigenvalue weighted by Gasteiger charge is 2.28. The number of hydrogen-bond acceptors (Lipinski definition) is 9. The molecule has 4 aromatic rings. The van der Waals surface area contributed by atoms with Crippen molar-refractivity contribution >= 4 is 45.9 Å². The number of nitrogens with one attached hydrogen (secondary N) is 2. The van der Waals surface area contributed by atoms with Crippen LogP contribution in [0, 0.1) is 6.92 Å². The molecule has 2 aromatic carbocycles. The average Bonchev–Trinajstić information content (AvgIpc) is 3.70. The zero-order valence-corrected chi connectivity index (χ0v) is 25.9. The lowest BCUT2D eigenvalue weighted by Crippen LogP contribution is -2.24. The number of anilines is 1. The summed E-state index contributed by atoms with van der Waals surface area (Å²) in [6.07, 6.45) is 2.69. The van der Waals surface area contributed by atoms with Crippen molar-refractivity contribution in [3.05, 3.63) is 81.5 Å². The molecule has 0 unspecified atom stereocenters. The predicted molar refractivity (Wildman–Crippen MR) is 167 cm³/mol. The SMILES string of the molecule is CCOC(=O)c1c(NC(=O)CSc2nnc(CNC(=O)c3cccc(C)c3)n2-c2ccc(OCC)cc2)sc2c1CCC2. The number of thiophene rings is 1. The summed E-state index contributed by atoms with van der Waals surface area (Å²) in [5.74, 6) is 0.368. The summed E-state index contributed by atoms with van der Waals surface area (Å²) >= 11 is 2.66. The first-order valence-electron chi connectivity index (χ1n) is 14.1. The van der Waals surface area contributed by atoms with Gasteiger partial charge < -0.3 is 20.1 Å². The normalized spacial score (nSPS) is 12.1. The Bertz CT molecular complexity index is 1630. The number of aromatic nitrogens is 3. The number of esters is 1. The monoisotopic (exact) mass is 619 g/mol. The van der Waals surface area contributed by atoms with Crippen molar-refractivity contribution < 1.29 is 23.9 Å². The number of nitrogens with zero attached hydrogens (tertiary/aromatic N) is 3. The highest BCUT2D eigenvalue weighted by atomic mass is 32.2. The topological polar surface area (TPSA) is 124 Å². The van der Waals surface area contributed by atoms with Crippen molar-refractivity contribution in [2.24, 2.45) is 0 Å². The summed E-state index contributed by atoms with van der Waals surface area (Å²) in [6.45, 7) is 6.56. The number of benzene rings is 2. The Kier molecular flexibility index (Phi) is 9.78. The van der Waals surface area contributed by atoms with Crippen molar-refractivity contribution in [2.75, 3.05) is 24.3 Å². The Morgan fingerprint density at radius 3 is 2.60 bits per heavy atom. The Morgan fingerprint density at radius 2 is 1.86 bits per heavy atom. The van der Waals surface area contributed by atoms with E-state index in [9.17, 15) is 14.4 Å². The third-order valence-corrected chi connectivity index (χ3v) is 8.92. The predicted octanol–water partition coefficient (Wildman–Crippen LogP) is 5.36. The number of amides is 2. The van der Waals surface area contributed by atoms with Crippen LogP contribution < -0.4 is 15.4 Å². The highest BCUT2D eigenvalue weighted by Crippen LogP contribution is 2.39. The third-order valence-electron chi connectivity index (χ3n) is 6.78. The molecule has 0 spiro atoms. The van der Waals surface area contributed by atoms with Crippen LogP contribution in [0.2, 0.25) is 0 Å². The molecule has 10 nitrogen and oxygen atoms in total. The van der Waals surface area contributed by atoms with Crippen LogP contribution in [0.15, 0.2) is 53.7 Å².